The molecule has 4 heterocycles. The molecule has 0 radical (unpaired) electrons. The number of ether oxygens (including phenoxy) is 4. The monoisotopic (exact) mass is 500 g/mol. The van der Waals surface area contributed by atoms with Gasteiger partial charge in [-0.1, -0.05) is 45.8 Å². The minimum absolute atomic E-state index is 0.0102. The van der Waals surface area contributed by atoms with Crippen LogP contribution < -0.4 is 0 Å². The Hall–Kier alpha value is -0.460. The molecule has 5 nitrogen and oxygen atoms in total. The largest absolute Gasteiger partial charge is 0.387 e. The molecule has 202 valence electrons. The lowest BCUT2D eigenvalue weighted by molar-refractivity contribution is -0.280. The molecule has 11 atom stereocenters. The van der Waals surface area contributed by atoms with Gasteiger partial charge in [-0.25, -0.2) is 0 Å². The second-order valence-corrected chi connectivity index (χ2v) is 15.3. The molecular weight excluding hydrogens is 452 g/mol. The van der Waals surface area contributed by atoms with Crippen LogP contribution in [0.15, 0.2) is 11.1 Å². The predicted octanol–water partition coefficient (Wildman–Crippen LogP) is 5.78. The molecule has 0 aromatic heterocycles. The molecule has 2 spiro atoms. The third kappa shape index (κ3) is 2.53. The first-order chi connectivity index (χ1) is 16.8. The molecule has 0 aromatic rings. The zero-order valence-corrected chi connectivity index (χ0v) is 23.8. The molecule has 5 fully saturated rings. The van der Waals surface area contributed by atoms with Gasteiger partial charge < -0.3 is 24.1 Å². The van der Waals surface area contributed by atoms with Gasteiger partial charge in [-0.05, 0) is 87.9 Å². The van der Waals surface area contributed by atoms with Crippen molar-refractivity contribution in [3.63, 3.8) is 0 Å². The molecule has 4 aliphatic heterocycles. The maximum Gasteiger partial charge on any atom is 0.199 e. The van der Waals surface area contributed by atoms with Crippen LogP contribution >= 0.6 is 0 Å². The number of rotatable bonds is 2. The van der Waals surface area contributed by atoms with Gasteiger partial charge in [-0.2, -0.15) is 0 Å². The number of methoxy groups -OCH3 is 1. The van der Waals surface area contributed by atoms with Gasteiger partial charge in [-0.3, -0.25) is 0 Å². The second-order valence-electron chi connectivity index (χ2n) is 15.3. The van der Waals surface area contributed by atoms with Crippen molar-refractivity contribution in [2.24, 2.45) is 34.0 Å². The van der Waals surface area contributed by atoms with Crippen molar-refractivity contribution in [3.05, 3.63) is 11.1 Å². The molecule has 11 unspecified atom stereocenters. The van der Waals surface area contributed by atoms with E-state index in [1.165, 1.54) is 18.4 Å². The Morgan fingerprint density at radius 2 is 1.75 bits per heavy atom. The van der Waals surface area contributed by atoms with Crippen molar-refractivity contribution >= 4 is 0 Å². The number of hydrogen-bond acceptors (Lipinski definition) is 5. The smallest absolute Gasteiger partial charge is 0.199 e. The zero-order chi connectivity index (χ0) is 25.7. The van der Waals surface area contributed by atoms with E-state index >= 15 is 0 Å². The first-order valence-electron chi connectivity index (χ1n) is 14.7. The number of fused-ring (bicyclic) bond motifs is 5. The maximum absolute atomic E-state index is 12.5. The third-order valence-electron chi connectivity index (χ3n) is 13.4. The van der Waals surface area contributed by atoms with E-state index < -0.39 is 17.5 Å². The van der Waals surface area contributed by atoms with Gasteiger partial charge >= 0.3 is 0 Å². The number of aliphatic hydroxyl groups excluding tert-OH is 1. The normalized spacial score (nSPS) is 56.8. The zero-order valence-electron chi connectivity index (χ0n) is 23.8. The highest BCUT2D eigenvalue weighted by Gasteiger charge is 2.80. The summed E-state index contributed by atoms with van der Waals surface area (Å²) in [6.07, 6.45) is 8.35. The van der Waals surface area contributed by atoms with Crippen LogP contribution in [0.5, 0.6) is 0 Å². The van der Waals surface area contributed by atoms with Crippen molar-refractivity contribution in [1.82, 2.24) is 0 Å². The first kappa shape index (κ1) is 24.6. The standard InChI is InChI=1S/C31H48O5/c1-17-15-20-24(27(4,5)33-8)36-31(34-20)23(17)28(6)13-11-18-16-30-14-12-22(35-30)26(2,3)21(30)10-9-19(18)29(28,7)25(31)32/h17,20-25,32H,9-16H2,1-8H3. The fraction of sp³-hybridized carbons (Fsp3) is 0.935. The lowest BCUT2D eigenvalue weighted by atomic mass is 9.52. The minimum atomic E-state index is -0.955. The summed E-state index contributed by atoms with van der Waals surface area (Å²) in [5, 5.41) is 12.5. The summed E-state index contributed by atoms with van der Waals surface area (Å²) in [5.74, 6) is 0.227. The van der Waals surface area contributed by atoms with Crippen LogP contribution in [0.2, 0.25) is 0 Å². The van der Waals surface area contributed by atoms with Gasteiger partial charge in [-0.15, -0.1) is 0 Å². The van der Waals surface area contributed by atoms with E-state index in [0.29, 0.717) is 17.9 Å². The van der Waals surface area contributed by atoms with Crippen molar-refractivity contribution < 1.29 is 24.1 Å². The first-order valence-corrected chi connectivity index (χ1v) is 14.7. The van der Waals surface area contributed by atoms with E-state index in [1.807, 2.05) is 0 Å². The molecule has 0 amide bonds. The summed E-state index contributed by atoms with van der Waals surface area (Å²) < 4.78 is 26.6. The maximum atomic E-state index is 12.5. The van der Waals surface area contributed by atoms with Crippen LogP contribution in [0.25, 0.3) is 0 Å². The highest BCUT2D eigenvalue weighted by molar-refractivity contribution is 5.40. The Morgan fingerprint density at radius 1 is 1.00 bits per heavy atom. The Balaban J connectivity index is 1.33. The molecule has 4 saturated heterocycles. The van der Waals surface area contributed by atoms with E-state index in [-0.39, 0.29) is 40.0 Å². The Kier molecular flexibility index (Phi) is 4.77. The minimum Gasteiger partial charge on any atom is -0.387 e. The number of hydrogen-bond donors (Lipinski definition) is 1. The summed E-state index contributed by atoms with van der Waals surface area (Å²) in [4.78, 5) is 0. The van der Waals surface area contributed by atoms with Crippen LogP contribution in [0.4, 0.5) is 0 Å². The molecule has 5 heteroatoms. The second kappa shape index (κ2) is 6.99. The Morgan fingerprint density at radius 3 is 2.47 bits per heavy atom. The van der Waals surface area contributed by atoms with Gasteiger partial charge in [0.05, 0.1) is 23.4 Å². The molecule has 7 rings (SSSR count). The van der Waals surface area contributed by atoms with E-state index in [1.54, 1.807) is 12.7 Å². The third-order valence-corrected chi connectivity index (χ3v) is 13.4. The van der Waals surface area contributed by atoms with Crippen molar-refractivity contribution in [2.75, 3.05) is 7.11 Å². The molecular formula is C31H48O5. The lowest BCUT2D eigenvalue weighted by Crippen LogP contribution is -2.52. The Labute approximate surface area is 217 Å². The van der Waals surface area contributed by atoms with Crippen LogP contribution in [-0.4, -0.2) is 53.6 Å². The van der Waals surface area contributed by atoms with E-state index in [9.17, 15) is 5.11 Å². The highest BCUT2D eigenvalue weighted by atomic mass is 16.8. The quantitative estimate of drug-likeness (QED) is 0.487. The summed E-state index contributed by atoms with van der Waals surface area (Å²) in [6, 6.07) is 0. The summed E-state index contributed by atoms with van der Waals surface area (Å²) in [5.41, 5.74) is 2.44. The molecule has 36 heavy (non-hydrogen) atoms. The highest BCUT2D eigenvalue weighted by Crippen LogP contribution is 2.76. The molecule has 1 saturated carbocycles. The molecule has 1 N–H and O–H groups in total. The molecule has 4 bridgehead atoms. The fourth-order valence-electron chi connectivity index (χ4n) is 11.4. The number of aliphatic hydroxyl groups is 1. The van der Waals surface area contributed by atoms with Gasteiger partial charge in [0.25, 0.3) is 0 Å². The average molecular weight is 501 g/mol. The molecule has 0 aromatic carbocycles. The van der Waals surface area contributed by atoms with E-state index in [0.717, 1.165) is 38.5 Å². The van der Waals surface area contributed by atoms with Gasteiger partial charge in [0.2, 0.25) is 0 Å². The van der Waals surface area contributed by atoms with Crippen molar-refractivity contribution in [3.8, 4) is 0 Å². The fourth-order valence-corrected chi connectivity index (χ4v) is 11.4. The molecule has 7 aliphatic rings. The van der Waals surface area contributed by atoms with Crippen molar-refractivity contribution in [2.45, 2.75) is 141 Å². The Bertz CT molecular complexity index is 1020. The van der Waals surface area contributed by atoms with Crippen LogP contribution in [0.1, 0.15) is 99.8 Å². The van der Waals surface area contributed by atoms with Crippen LogP contribution in [0, 0.1) is 34.0 Å². The van der Waals surface area contributed by atoms with E-state index in [4.69, 9.17) is 18.9 Å². The summed E-state index contributed by atoms with van der Waals surface area (Å²) >= 11 is 0. The van der Waals surface area contributed by atoms with Gasteiger partial charge in [0.15, 0.2) is 5.79 Å². The lowest BCUT2D eigenvalue weighted by Gasteiger charge is -2.52. The molecule has 3 aliphatic carbocycles. The predicted molar refractivity (Wildman–Crippen MR) is 137 cm³/mol. The average Bonchev–Trinajstić information content (AvgIpc) is 3.42. The van der Waals surface area contributed by atoms with Crippen LogP contribution in [-0.2, 0) is 18.9 Å². The van der Waals surface area contributed by atoms with Crippen molar-refractivity contribution in [1.29, 1.82) is 0 Å². The summed E-state index contributed by atoms with van der Waals surface area (Å²) in [7, 11) is 1.76. The van der Waals surface area contributed by atoms with Gasteiger partial charge in [0, 0.05) is 18.4 Å². The summed E-state index contributed by atoms with van der Waals surface area (Å²) in [6.45, 7) is 16.3. The van der Waals surface area contributed by atoms with Crippen LogP contribution in [0.3, 0.4) is 0 Å². The van der Waals surface area contributed by atoms with E-state index in [2.05, 4.69) is 48.5 Å². The topological polar surface area (TPSA) is 57.2 Å². The van der Waals surface area contributed by atoms with Gasteiger partial charge in [0.1, 0.15) is 12.2 Å². The SMILES string of the molecule is COC(C)(C)C1OC23OC1CC(C)C2C1(C)CCC2=C(CCC4C5(CCC(O5)C4(C)C)C2)C1(C)C3O.